The highest BCUT2D eigenvalue weighted by Crippen LogP contribution is 2.37. The second-order valence-electron chi connectivity index (χ2n) is 8.33. The molecule has 0 bridgehead atoms. The maximum absolute atomic E-state index is 12.4. The number of anilines is 3. The molecule has 0 spiro atoms. The maximum atomic E-state index is 12.4. The van der Waals surface area contributed by atoms with Gasteiger partial charge in [-0.3, -0.25) is 19.4 Å². The minimum absolute atomic E-state index is 0.0147. The number of carbonyl (C=O) groups is 3. The lowest BCUT2D eigenvalue weighted by Gasteiger charge is -2.17. The highest BCUT2D eigenvalue weighted by Gasteiger charge is 2.30. The lowest BCUT2D eigenvalue weighted by molar-refractivity contribution is -0.117. The van der Waals surface area contributed by atoms with Gasteiger partial charge in [-0.25, -0.2) is 4.98 Å². The van der Waals surface area contributed by atoms with Gasteiger partial charge in [0.05, 0.1) is 36.6 Å². The van der Waals surface area contributed by atoms with Crippen LogP contribution in [0.5, 0.6) is 5.75 Å². The van der Waals surface area contributed by atoms with Crippen molar-refractivity contribution in [1.29, 1.82) is 0 Å². The van der Waals surface area contributed by atoms with Crippen LogP contribution in [0.4, 0.5) is 17.2 Å². The summed E-state index contributed by atoms with van der Waals surface area (Å²) in [6.07, 6.45) is 4.59. The Morgan fingerprint density at radius 2 is 1.83 bits per heavy atom. The molecule has 3 amide bonds. The number of amides is 3. The summed E-state index contributed by atoms with van der Waals surface area (Å²) in [7, 11) is 6.27. The van der Waals surface area contributed by atoms with Gasteiger partial charge in [0.2, 0.25) is 5.91 Å². The van der Waals surface area contributed by atoms with Crippen molar-refractivity contribution in [2.45, 2.75) is 12.8 Å². The van der Waals surface area contributed by atoms with E-state index in [1.807, 2.05) is 0 Å². The molecule has 1 aliphatic rings. The molecule has 0 radical (unpaired) electrons. The van der Waals surface area contributed by atoms with Crippen molar-refractivity contribution < 1.29 is 19.1 Å². The lowest BCUT2D eigenvalue weighted by Crippen LogP contribution is -2.22. The van der Waals surface area contributed by atoms with Gasteiger partial charge in [-0.1, -0.05) is 6.07 Å². The van der Waals surface area contributed by atoms with Crippen molar-refractivity contribution in [3.63, 3.8) is 0 Å². The molecule has 1 saturated carbocycles. The number of aromatic nitrogens is 4. The van der Waals surface area contributed by atoms with Crippen LogP contribution in [-0.4, -0.2) is 71.0 Å². The van der Waals surface area contributed by atoms with Gasteiger partial charge < -0.3 is 25.6 Å². The lowest BCUT2D eigenvalue weighted by atomic mass is 10.1. The molecule has 0 atom stereocenters. The maximum Gasteiger partial charge on any atom is 0.273 e. The fourth-order valence-electron chi connectivity index (χ4n) is 3.42. The highest BCUT2D eigenvalue weighted by molar-refractivity contribution is 6.00. The van der Waals surface area contributed by atoms with E-state index in [1.54, 1.807) is 38.4 Å². The number of nitrogens with one attached hydrogen (secondary N) is 3. The predicted octanol–water partition coefficient (Wildman–Crippen LogP) is 2.10. The predicted molar refractivity (Wildman–Crippen MR) is 132 cm³/mol. The molecule has 2 aromatic heterocycles. The zero-order chi connectivity index (χ0) is 25.8. The third kappa shape index (κ3) is 5.22. The van der Waals surface area contributed by atoms with Crippen LogP contribution in [-0.2, 0) is 4.79 Å². The molecule has 36 heavy (non-hydrogen) atoms. The molecule has 186 valence electrons. The van der Waals surface area contributed by atoms with Crippen LogP contribution < -0.4 is 20.7 Å². The first-order valence-corrected chi connectivity index (χ1v) is 11.2. The van der Waals surface area contributed by atoms with Gasteiger partial charge in [0.1, 0.15) is 5.69 Å². The fraction of sp³-hybridized carbons (Fsp3) is 0.292. The van der Waals surface area contributed by atoms with Crippen molar-refractivity contribution in [3.8, 4) is 17.0 Å². The third-order valence-electron chi connectivity index (χ3n) is 5.48. The van der Waals surface area contributed by atoms with E-state index < -0.39 is 5.91 Å². The molecule has 12 nitrogen and oxygen atoms in total. The summed E-state index contributed by atoms with van der Waals surface area (Å²) in [5.41, 5.74) is 2.20. The molecule has 0 unspecified atom stereocenters. The van der Waals surface area contributed by atoms with Gasteiger partial charge in [-0.05, 0) is 25.0 Å². The fourth-order valence-corrected chi connectivity index (χ4v) is 3.42. The number of carbonyl (C=O) groups excluding carboxylic acids is 3. The van der Waals surface area contributed by atoms with Crippen LogP contribution in [0.2, 0.25) is 0 Å². The molecule has 1 aliphatic carbocycles. The number of hydrogen-bond donors (Lipinski definition) is 3. The normalized spacial score (nSPS) is 12.4. The average Bonchev–Trinajstić information content (AvgIpc) is 3.74. The zero-order valence-electron chi connectivity index (χ0n) is 20.3. The molecule has 2 heterocycles. The van der Waals surface area contributed by atoms with Gasteiger partial charge in [-0.15, -0.1) is 10.2 Å². The Bertz CT molecular complexity index is 1310. The monoisotopic (exact) mass is 490 g/mol. The van der Waals surface area contributed by atoms with E-state index in [0.717, 1.165) is 12.8 Å². The quantitative estimate of drug-likeness (QED) is 0.431. The summed E-state index contributed by atoms with van der Waals surface area (Å²) >= 11 is 0. The smallest absolute Gasteiger partial charge is 0.273 e. The van der Waals surface area contributed by atoms with Crippen LogP contribution in [0.3, 0.4) is 0 Å². The van der Waals surface area contributed by atoms with Crippen LogP contribution in [0.15, 0.2) is 36.7 Å². The van der Waals surface area contributed by atoms with E-state index in [2.05, 4.69) is 36.1 Å². The Morgan fingerprint density at radius 1 is 1.06 bits per heavy atom. The Balaban J connectivity index is 1.68. The van der Waals surface area contributed by atoms with E-state index >= 15 is 0 Å². The van der Waals surface area contributed by atoms with Crippen LogP contribution in [0.25, 0.3) is 11.3 Å². The number of methoxy groups -OCH3 is 1. The Labute approximate surface area is 207 Å². The number of hydrogen-bond acceptors (Lipinski definition) is 9. The molecule has 3 aromatic rings. The van der Waals surface area contributed by atoms with Crippen LogP contribution in [0, 0.1) is 5.92 Å². The van der Waals surface area contributed by atoms with Gasteiger partial charge in [0.15, 0.2) is 17.3 Å². The second-order valence-corrected chi connectivity index (χ2v) is 8.33. The number of benzene rings is 1. The number of para-hydroxylation sites is 1. The topological polar surface area (TPSA) is 151 Å². The first-order valence-electron chi connectivity index (χ1n) is 11.2. The molecule has 1 aromatic carbocycles. The van der Waals surface area contributed by atoms with E-state index in [0.29, 0.717) is 28.4 Å². The number of ether oxygens (including phenoxy) is 1. The summed E-state index contributed by atoms with van der Waals surface area (Å²) in [4.78, 5) is 46.8. The van der Waals surface area contributed by atoms with Crippen LogP contribution >= 0.6 is 0 Å². The average molecular weight is 491 g/mol. The molecular formula is C24H26N8O4. The van der Waals surface area contributed by atoms with Gasteiger partial charge in [0, 0.05) is 38.7 Å². The van der Waals surface area contributed by atoms with Crippen molar-refractivity contribution in [2.75, 3.05) is 38.9 Å². The minimum Gasteiger partial charge on any atom is -0.494 e. The first-order chi connectivity index (χ1) is 17.3. The van der Waals surface area contributed by atoms with E-state index in [9.17, 15) is 14.4 Å². The zero-order valence-corrected chi connectivity index (χ0v) is 20.3. The standard InChI is InChI=1S/C24H26N8O4/c1-25-23(34)20-16(10-19(30-31-20)29-22(33)13-8-9-13)28-15-7-5-6-14(21(15)36-4)17-11-27-18(12-26-17)24(35)32(2)3/h5-7,10-13H,8-9H2,1-4H3,(H,25,34)(H2,28,29,30,33). The van der Waals surface area contributed by atoms with Crippen molar-refractivity contribution >= 4 is 34.9 Å². The van der Waals surface area contributed by atoms with Gasteiger partial charge >= 0.3 is 0 Å². The molecule has 3 N–H and O–H groups in total. The molecule has 1 fully saturated rings. The molecule has 12 heteroatoms. The van der Waals surface area contributed by atoms with Gasteiger partial charge in [0.25, 0.3) is 11.8 Å². The molecule has 0 saturated heterocycles. The summed E-state index contributed by atoms with van der Waals surface area (Å²) < 4.78 is 5.67. The summed E-state index contributed by atoms with van der Waals surface area (Å²) in [6.45, 7) is 0. The number of nitrogens with zero attached hydrogens (tertiary/aromatic N) is 5. The van der Waals surface area contributed by atoms with E-state index in [1.165, 1.54) is 31.5 Å². The highest BCUT2D eigenvalue weighted by atomic mass is 16.5. The number of rotatable bonds is 8. The first kappa shape index (κ1) is 24.5. The summed E-state index contributed by atoms with van der Waals surface area (Å²) in [5, 5.41) is 16.4. The largest absolute Gasteiger partial charge is 0.494 e. The Hall–Kier alpha value is -4.61. The van der Waals surface area contributed by atoms with Crippen molar-refractivity contribution in [1.82, 2.24) is 30.4 Å². The molecular weight excluding hydrogens is 464 g/mol. The minimum atomic E-state index is -0.452. The SMILES string of the molecule is CNC(=O)c1nnc(NC(=O)C2CC2)cc1Nc1cccc(-c2cnc(C(=O)N(C)C)cn2)c1OC. The summed E-state index contributed by atoms with van der Waals surface area (Å²) in [5.74, 6) is -0.192. The van der Waals surface area contributed by atoms with Crippen molar-refractivity contribution in [3.05, 3.63) is 48.0 Å². The Kier molecular flexibility index (Phi) is 7.04. The van der Waals surface area contributed by atoms with Crippen LogP contribution in [0.1, 0.15) is 33.8 Å². The van der Waals surface area contributed by atoms with E-state index in [-0.39, 0.29) is 34.9 Å². The third-order valence-corrected chi connectivity index (χ3v) is 5.48. The molecule has 0 aliphatic heterocycles. The van der Waals surface area contributed by atoms with Gasteiger partial charge in [-0.2, -0.15) is 0 Å². The van der Waals surface area contributed by atoms with E-state index in [4.69, 9.17) is 4.74 Å². The Morgan fingerprint density at radius 3 is 2.44 bits per heavy atom. The van der Waals surface area contributed by atoms with Crippen molar-refractivity contribution in [2.24, 2.45) is 5.92 Å². The second kappa shape index (κ2) is 10.3. The molecule has 4 rings (SSSR count). The summed E-state index contributed by atoms with van der Waals surface area (Å²) in [6, 6.07) is 6.89.